The summed E-state index contributed by atoms with van der Waals surface area (Å²) < 4.78 is 27.8. The lowest BCUT2D eigenvalue weighted by Gasteiger charge is -2.29. The third-order valence-corrected chi connectivity index (χ3v) is 7.95. The van der Waals surface area contributed by atoms with Gasteiger partial charge in [0.2, 0.25) is 0 Å². The highest BCUT2D eigenvalue weighted by molar-refractivity contribution is 7.89. The Morgan fingerprint density at radius 1 is 1.03 bits per heavy atom. The molecule has 0 unspecified atom stereocenters. The zero-order valence-corrected chi connectivity index (χ0v) is 20.0. The summed E-state index contributed by atoms with van der Waals surface area (Å²) in [6.45, 7) is 7.93. The summed E-state index contributed by atoms with van der Waals surface area (Å²) in [5, 5.41) is 13.9. The van der Waals surface area contributed by atoms with Crippen LogP contribution in [-0.4, -0.2) is 49.7 Å². The monoisotopic (exact) mass is 480 g/mol. The van der Waals surface area contributed by atoms with E-state index in [9.17, 15) is 13.2 Å². The average molecular weight is 481 g/mol. The first-order valence-corrected chi connectivity index (χ1v) is 12.8. The van der Waals surface area contributed by atoms with Crippen molar-refractivity contribution < 1.29 is 13.2 Å². The molecule has 10 heteroatoms. The summed E-state index contributed by atoms with van der Waals surface area (Å²) >= 11 is 0. The molecule has 3 aromatic rings. The number of piperazine rings is 1. The molecule has 0 aliphatic carbocycles. The van der Waals surface area contributed by atoms with Crippen LogP contribution < -0.4 is 20.9 Å². The lowest BCUT2D eigenvalue weighted by atomic mass is 10.0. The van der Waals surface area contributed by atoms with Gasteiger partial charge in [-0.3, -0.25) is 4.79 Å². The fourth-order valence-corrected chi connectivity index (χ4v) is 5.97. The van der Waals surface area contributed by atoms with E-state index in [0.717, 1.165) is 36.0 Å². The normalized spacial score (nSPS) is 17.4. The van der Waals surface area contributed by atoms with Gasteiger partial charge in [-0.25, -0.2) is 0 Å². The van der Waals surface area contributed by atoms with E-state index >= 15 is 0 Å². The number of carbonyl (C=O) groups is 1. The first kappa shape index (κ1) is 22.6. The lowest BCUT2D eigenvalue weighted by Crippen LogP contribution is -2.43. The van der Waals surface area contributed by atoms with Crippen LogP contribution in [0.25, 0.3) is 0 Å². The second-order valence-electron chi connectivity index (χ2n) is 9.05. The van der Waals surface area contributed by atoms with Gasteiger partial charge in [-0.05, 0) is 50.2 Å². The molecule has 0 bridgehead atoms. The minimum Gasteiger partial charge on any atom is -0.369 e. The summed E-state index contributed by atoms with van der Waals surface area (Å²) in [7, 11) is -3.93. The largest absolute Gasteiger partial charge is 0.369 e. The second kappa shape index (κ2) is 8.53. The van der Waals surface area contributed by atoms with Crippen LogP contribution in [0, 0.1) is 0 Å². The van der Waals surface area contributed by atoms with Crippen LogP contribution >= 0.6 is 0 Å². The molecule has 0 saturated carbocycles. The molecule has 0 atom stereocenters. The molecule has 0 spiro atoms. The van der Waals surface area contributed by atoms with Crippen molar-refractivity contribution in [2.24, 2.45) is 0 Å². The van der Waals surface area contributed by atoms with Gasteiger partial charge in [-0.1, -0.05) is 18.2 Å². The van der Waals surface area contributed by atoms with E-state index in [0.29, 0.717) is 23.4 Å². The molecule has 1 amide bonds. The summed E-state index contributed by atoms with van der Waals surface area (Å²) in [6.07, 6.45) is 0. The van der Waals surface area contributed by atoms with Gasteiger partial charge in [0.25, 0.3) is 15.9 Å². The van der Waals surface area contributed by atoms with E-state index in [2.05, 4.69) is 25.9 Å². The van der Waals surface area contributed by atoms with Crippen molar-refractivity contribution in [2.45, 2.75) is 30.8 Å². The molecular weight excluding hydrogens is 452 g/mol. The topological polar surface area (TPSA) is 108 Å². The lowest BCUT2D eigenvalue weighted by molar-refractivity contribution is 0.102. The number of amides is 1. The number of nitrogens with one attached hydrogen (secondary N) is 3. The van der Waals surface area contributed by atoms with Crippen LogP contribution in [0.2, 0.25) is 0 Å². The first-order valence-electron chi connectivity index (χ1n) is 11.3. The maximum absolute atomic E-state index is 13.4. The predicted octanol–water partition coefficient (Wildman–Crippen LogP) is 2.12. The van der Waals surface area contributed by atoms with E-state index in [4.69, 9.17) is 0 Å². The molecule has 2 aliphatic heterocycles. The summed E-state index contributed by atoms with van der Waals surface area (Å²) in [5.74, 6) is -0.0788. The van der Waals surface area contributed by atoms with E-state index in [1.54, 1.807) is 30.3 Å². The van der Waals surface area contributed by atoms with Gasteiger partial charge >= 0.3 is 0 Å². The maximum Gasteiger partial charge on any atom is 0.283 e. The van der Waals surface area contributed by atoms with Crippen molar-refractivity contribution >= 4 is 27.4 Å². The molecule has 3 N–H and O–H groups in total. The van der Waals surface area contributed by atoms with Gasteiger partial charge in [0.1, 0.15) is 0 Å². The number of hydrogen-bond acceptors (Lipinski definition) is 7. The highest BCUT2D eigenvalue weighted by Gasteiger charge is 2.40. The Balaban J connectivity index is 1.45. The van der Waals surface area contributed by atoms with Crippen LogP contribution in [0.1, 0.15) is 35.5 Å². The Hall–Kier alpha value is -3.21. The van der Waals surface area contributed by atoms with Gasteiger partial charge in [0.05, 0.1) is 16.1 Å². The molecule has 5 rings (SSSR count). The smallest absolute Gasteiger partial charge is 0.283 e. The predicted molar refractivity (Wildman–Crippen MR) is 131 cm³/mol. The average Bonchev–Trinajstić information content (AvgIpc) is 3.38. The van der Waals surface area contributed by atoms with Gasteiger partial charge in [-0.15, -0.1) is 5.10 Å². The zero-order chi connectivity index (χ0) is 23.9. The minimum atomic E-state index is -3.93. The van der Waals surface area contributed by atoms with Crippen molar-refractivity contribution in [2.75, 3.05) is 36.4 Å². The van der Waals surface area contributed by atoms with Crippen LogP contribution in [-0.2, 0) is 22.1 Å². The Morgan fingerprint density at radius 3 is 2.38 bits per heavy atom. The molecule has 178 valence electrons. The Morgan fingerprint density at radius 2 is 1.71 bits per heavy atom. The molecule has 1 fully saturated rings. The molecule has 2 aliphatic rings. The van der Waals surface area contributed by atoms with Gasteiger partial charge < -0.3 is 20.9 Å². The number of anilines is 2. The van der Waals surface area contributed by atoms with Crippen molar-refractivity contribution in [3.63, 3.8) is 0 Å². The Bertz CT molecular complexity index is 1310. The van der Waals surface area contributed by atoms with E-state index < -0.39 is 15.6 Å². The third-order valence-electron chi connectivity index (χ3n) is 6.37. The number of aromatic nitrogens is 2. The van der Waals surface area contributed by atoms with Crippen molar-refractivity contribution in [3.8, 4) is 0 Å². The standard InChI is InChI=1S/C24H28N6O3S/c1-24(2)21-20(16-26-24)22(28-30(21)34(32,33)19-6-4-3-5-7-19)27-23(31)17-8-10-18(11-9-17)29-14-12-25-13-15-29/h3-11,25-26H,12-16H2,1-2H3,(H,27,28,31). The SMILES string of the molecule is CC1(C)NCc2c(NC(=O)c3ccc(N4CCNCC4)cc3)nn(S(=O)(=O)c3ccccc3)c21. The Labute approximate surface area is 199 Å². The molecule has 3 heterocycles. The number of hydrogen-bond donors (Lipinski definition) is 3. The molecular formula is C24H28N6O3S. The van der Waals surface area contributed by atoms with Gasteiger partial charge in [0, 0.05) is 49.5 Å². The van der Waals surface area contributed by atoms with Crippen LogP contribution in [0.4, 0.5) is 11.5 Å². The number of nitrogens with zero attached hydrogens (tertiary/aromatic N) is 3. The zero-order valence-electron chi connectivity index (χ0n) is 19.2. The number of benzene rings is 2. The van der Waals surface area contributed by atoms with E-state index in [1.807, 2.05) is 26.0 Å². The molecule has 1 aromatic heterocycles. The summed E-state index contributed by atoms with van der Waals surface area (Å²) in [5.41, 5.74) is 2.13. The van der Waals surface area contributed by atoms with E-state index in [-0.39, 0.29) is 16.6 Å². The highest BCUT2D eigenvalue weighted by atomic mass is 32.2. The molecule has 9 nitrogen and oxygen atoms in total. The number of carbonyl (C=O) groups excluding carboxylic acids is 1. The van der Waals surface area contributed by atoms with Crippen molar-refractivity contribution in [1.29, 1.82) is 0 Å². The minimum absolute atomic E-state index is 0.143. The summed E-state index contributed by atoms with van der Waals surface area (Å²) in [6, 6.07) is 15.6. The first-order chi connectivity index (χ1) is 16.3. The second-order valence-corrected chi connectivity index (χ2v) is 10.8. The summed E-state index contributed by atoms with van der Waals surface area (Å²) in [4.78, 5) is 15.5. The van der Waals surface area contributed by atoms with E-state index in [1.165, 1.54) is 12.1 Å². The highest BCUT2D eigenvalue weighted by Crippen LogP contribution is 2.37. The molecule has 34 heavy (non-hydrogen) atoms. The van der Waals surface area contributed by atoms with Crippen LogP contribution in [0.3, 0.4) is 0 Å². The third kappa shape index (κ3) is 3.97. The fourth-order valence-electron chi connectivity index (χ4n) is 4.50. The number of fused-ring (bicyclic) bond motifs is 1. The van der Waals surface area contributed by atoms with Gasteiger partial charge in [-0.2, -0.15) is 12.5 Å². The Kier molecular flexibility index (Phi) is 5.67. The van der Waals surface area contributed by atoms with Crippen molar-refractivity contribution in [1.82, 2.24) is 19.8 Å². The van der Waals surface area contributed by atoms with Crippen LogP contribution in [0.5, 0.6) is 0 Å². The van der Waals surface area contributed by atoms with Gasteiger partial charge in [0.15, 0.2) is 5.82 Å². The quantitative estimate of drug-likeness (QED) is 0.513. The molecule has 1 saturated heterocycles. The van der Waals surface area contributed by atoms with Crippen LogP contribution in [0.15, 0.2) is 59.5 Å². The maximum atomic E-state index is 13.4. The number of rotatable bonds is 5. The van der Waals surface area contributed by atoms with Crippen molar-refractivity contribution in [3.05, 3.63) is 71.4 Å². The fraction of sp³-hybridized carbons (Fsp3) is 0.333. The molecule has 2 aromatic carbocycles. The molecule has 0 radical (unpaired) electrons.